The van der Waals surface area contributed by atoms with Crippen LogP contribution >= 0.6 is 27.5 Å². The van der Waals surface area contributed by atoms with Crippen molar-refractivity contribution in [2.75, 3.05) is 10.8 Å². The minimum absolute atomic E-state index is 0.0676. The van der Waals surface area contributed by atoms with Gasteiger partial charge in [-0.25, -0.2) is 8.42 Å². The number of nitrogens with zero attached hydrogens (tertiary/aromatic N) is 2. The van der Waals surface area contributed by atoms with Crippen molar-refractivity contribution in [2.24, 2.45) is 0 Å². The molecule has 10 heteroatoms. The van der Waals surface area contributed by atoms with E-state index in [1.807, 2.05) is 6.92 Å². The Balaban J connectivity index is 1.70. The quantitative estimate of drug-likeness (QED) is 0.270. The summed E-state index contributed by atoms with van der Waals surface area (Å²) in [5.41, 5.74) is 1.12. The normalized spacial score (nSPS) is 14.5. The zero-order valence-electron chi connectivity index (χ0n) is 22.3. The van der Waals surface area contributed by atoms with Crippen molar-refractivity contribution in [2.45, 2.75) is 62.6 Å². The SMILES string of the molecule is CC[C@H](C(=O)NC1CCCC1)N(Cc1ccc(Cl)cc1)C(=O)CN(c1cccc(Br)c1)S(=O)(=O)c1ccccc1. The summed E-state index contributed by atoms with van der Waals surface area (Å²) >= 11 is 9.50. The maximum atomic E-state index is 14.1. The topological polar surface area (TPSA) is 86.8 Å². The predicted octanol–water partition coefficient (Wildman–Crippen LogP) is 6.16. The fourth-order valence-corrected chi connectivity index (χ4v) is 6.89. The first-order valence-corrected chi connectivity index (χ1v) is 16.0. The summed E-state index contributed by atoms with van der Waals surface area (Å²) < 4.78 is 29.5. The third-order valence-corrected chi connectivity index (χ3v) is 9.59. The predicted molar refractivity (Wildman–Crippen MR) is 162 cm³/mol. The first-order chi connectivity index (χ1) is 19.2. The molecule has 0 unspecified atom stereocenters. The second-order valence-electron chi connectivity index (χ2n) is 9.87. The number of carbonyl (C=O) groups excluding carboxylic acids is 2. The molecule has 7 nitrogen and oxygen atoms in total. The number of halogens is 2. The van der Waals surface area contributed by atoms with Crippen molar-refractivity contribution >= 4 is 55.1 Å². The number of sulfonamides is 1. The lowest BCUT2D eigenvalue weighted by atomic mass is 10.1. The third kappa shape index (κ3) is 7.44. The molecule has 0 radical (unpaired) electrons. The number of nitrogens with one attached hydrogen (secondary N) is 1. The van der Waals surface area contributed by atoms with E-state index >= 15 is 0 Å². The van der Waals surface area contributed by atoms with Crippen LogP contribution in [0.1, 0.15) is 44.6 Å². The summed E-state index contributed by atoms with van der Waals surface area (Å²) in [6.07, 6.45) is 4.33. The maximum absolute atomic E-state index is 14.1. The van der Waals surface area contributed by atoms with E-state index in [0.717, 1.165) is 35.6 Å². The molecule has 0 heterocycles. The molecule has 2 amide bonds. The van der Waals surface area contributed by atoms with Crippen molar-refractivity contribution in [1.82, 2.24) is 10.2 Å². The number of anilines is 1. The lowest BCUT2D eigenvalue weighted by molar-refractivity contribution is -0.140. The van der Waals surface area contributed by atoms with E-state index in [2.05, 4.69) is 21.2 Å². The van der Waals surface area contributed by atoms with Gasteiger partial charge in [-0.3, -0.25) is 13.9 Å². The van der Waals surface area contributed by atoms with Crippen molar-refractivity contribution in [3.63, 3.8) is 0 Å². The number of amides is 2. The molecule has 3 aromatic rings. The molecular weight excluding hydrogens is 614 g/mol. The van der Waals surface area contributed by atoms with Gasteiger partial charge < -0.3 is 10.2 Å². The van der Waals surface area contributed by atoms with Gasteiger partial charge in [-0.2, -0.15) is 0 Å². The highest BCUT2D eigenvalue weighted by atomic mass is 79.9. The molecule has 40 heavy (non-hydrogen) atoms. The first kappa shape index (κ1) is 30.1. The average molecular weight is 647 g/mol. The molecule has 3 aromatic carbocycles. The highest BCUT2D eigenvalue weighted by molar-refractivity contribution is 9.10. The van der Waals surface area contributed by atoms with Crippen LogP contribution in [0.2, 0.25) is 5.02 Å². The molecular formula is C30H33BrClN3O4S. The Hall–Kier alpha value is -2.88. The molecule has 1 N–H and O–H groups in total. The molecule has 0 saturated heterocycles. The van der Waals surface area contributed by atoms with E-state index < -0.39 is 28.5 Å². The van der Waals surface area contributed by atoms with Crippen LogP contribution in [0.5, 0.6) is 0 Å². The maximum Gasteiger partial charge on any atom is 0.264 e. The molecule has 0 aromatic heterocycles. The minimum Gasteiger partial charge on any atom is -0.352 e. The number of rotatable bonds is 11. The molecule has 1 saturated carbocycles. The zero-order chi connectivity index (χ0) is 28.7. The van der Waals surface area contributed by atoms with Gasteiger partial charge in [0, 0.05) is 22.1 Å². The molecule has 1 aliphatic rings. The van der Waals surface area contributed by atoms with Crippen LogP contribution in [0.15, 0.2) is 88.2 Å². The lowest BCUT2D eigenvalue weighted by Gasteiger charge is -2.33. The van der Waals surface area contributed by atoms with E-state index in [-0.39, 0.29) is 23.4 Å². The summed E-state index contributed by atoms with van der Waals surface area (Å²) in [4.78, 5) is 29.1. The Morgan fingerprint density at radius 1 is 1.00 bits per heavy atom. The Labute approximate surface area is 249 Å². The van der Waals surface area contributed by atoms with Gasteiger partial charge >= 0.3 is 0 Å². The fraction of sp³-hybridized carbons (Fsp3) is 0.333. The fourth-order valence-electron chi connectivity index (χ4n) is 4.95. The second-order valence-corrected chi connectivity index (χ2v) is 13.1. The summed E-state index contributed by atoms with van der Waals surface area (Å²) in [7, 11) is -4.10. The number of hydrogen-bond acceptors (Lipinski definition) is 4. The number of hydrogen-bond donors (Lipinski definition) is 1. The molecule has 0 spiro atoms. The molecule has 1 atom stereocenters. The van der Waals surface area contributed by atoms with Gasteiger partial charge in [0.2, 0.25) is 11.8 Å². The van der Waals surface area contributed by atoms with E-state index in [4.69, 9.17) is 11.6 Å². The second kappa shape index (κ2) is 13.7. The van der Waals surface area contributed by atoms with Crippen molar-refractivity contribution < 1.29 is 18.0 Å². The zero-order valence-corrected chi connectivity index (χ0v) is 25.5. The average Bonchev–Trinajstić information content (AvgIpc) is 3.46. The first-order valence-electron chi connectivity index (χ1n) is 13.4. The van der Waals surface area contributed by atoms with Crippen LogP contribution in [0.4, 0.5) is 5.69 Å². The lowest BCUT2D eigenvalue weighted by Crippen LogP contribution is -2.53. The van der Waals surface area contributed by atoms with Crippen LogP contribution in [0, 0.1) is 0 Å². The number of benzene rings is 3. The van der Waals surface area contributed by atoms with E-state index in [9.17, 15) is 18.0 Å². The molecule has 1 fully saturated rings. The highest BCUT2D eigenvalue weighted by Gasteiger charge is 2.34. The molecule has 0 aliphatic heterocycles. The van der Waals surface area contributed by atoms with Gasteiger partial charge in [-0.15, -0.1) is 0 Å². The Morgan fingerprint density at radius 2 is 1.68 bits per heavy atom. The van der Waals surface area contributed by atoms with Gasteiger partial charge in [0.05, 0.1) is 10.6 Å². The summed E-state index contributed by atoms with van der Waals surface area (Å²) in [6, 6.07) is 21.2. The van der Waals surface area contributed by atoms with Gasteiger partial charge in [-0.1, -0.05) is 83.7 Å². The molecule has 212 valence electrons. The smallest absolute Gasteiger partial charge is 0.264 e. The van der Waals surface area contributed by atoms with E-state index in [1.165, 1.54) is 17.0 Å². The standard InChI is InChI=1S/C30H33BrClN3O4S/c1-2-28(30(37)33-25-10-6-7-11-25)34(20-22-15-17-24(32)18-16-22)29(36)21-35(26-12-8-9-23(31)19-26)40(38,39)27-13-4-3-5-14-27/h3-5,8-9,12-19,25,28H,2,6-7,10-11,20-21H2,1H3,(H,33,37)/t28-/m1/s1. The third-order valence-electron chi connectivity index (χ3n) is 7.06. The molecule has 1 aliphatic carbocycles. The van der Waals surface area contributed by atoms with Gasteiger partial charge in [0.1, 0.15) is 12.6 Å². The molecule has 0 bridgehead atoms. The van der Waals surface area contributed by atoms with Gasteiger partial charge in [0.15, 0.2) is 0 Å². The highest BCUT2D eigenvalue weighted by Crippen LogP contribution is 2.27. The van der Waals surface area contributed by atoms with Crippen LogP contribution in [0.3, 0.4) is 0 Å². The largest absolute Gasteiger partial charge is 0.352 e. The van der Waals surface area contributed by atoms with Crippen molar-refractivity contribution in [3.05, 3.63) is 93.9 Å². The Bertz CT molecular complexity index is 1410. The van der Waals surface area contributed by atoms with E-state index in [1.54, 1.807) is 66.7 Å². The van der Waals surface area contributed by atoms with Crippen LogP contribution in [-0.2, 0) is 26.2 Å². The Morgan fingerprint density at radius 3 is 2.30 bits per heavy atom. The summed E-state index contributed by atoms with van der Waals surface area (Å²) in [5, 5.41) is 3.67. The summed E-state index contributed by atoms with van der Waals surface area (Å²) in [5.74, 6) is -0.709. The van der Waals surface area contributed by atoms with Crippen molar-refractivity contribution in [3.8, 4) is 0 Å². The van der Waals surface area contributed by atoms with Gasteiger partial charge in [-0.05, 0) is 67.3 Å². The van der Waals surface area contributed by atoms with Crippen LogP contribution in [-0.4, -0.2) is 43.8 Å². The molecule has 4 rings (SSSR count). The van der Waals surface area contributed by atoms with Crippen LogP contribution in [0.25, 0.3) is 0 Å². The minimum atomic E-state index is -4.10. The van der Waals surface area contributed by atoms with Crippen LogP contribution < -0.4 is 9.62 Å². The van der Waals surface area contributed by atoms with E-state index in [0.29, 0.717) is 21.6 Å². The Kier molecular flexibility index (Phi) is 10.3. The number of carbonyl (C=O) groups is 2. The van der Waals surface area contributed by atoms with Crippen molar-refractivity contribution in [1.29, 1.82) is 0 Å². The summed E-state index contributed by atoms with van der Waals surface area (Å²) in [6.45, 7) is 1.51. The monoisotopic (exact) mass is 645 g/mol. The van der Waals surface area contributed by atoms with Gasteiger partial charge in [0.25, 0.3) is 10.0 Å².